The van der Waals surface area contributed by atoms with Gasteiger partial charge in [-0.05, 0) is 55.7 Å². The van der Waals surface area contributed by atoms with Crippen molar-refractivity contribution in [2.24, 2.45) is 11.3 Å². The topological polar surface area (TPSA) is 90.3 Å². The first-order valence-corrected chi connectivity index (χ1v) is 13.8. The lowest BCUT2D eigenvalue weighted by Crippen LogP contribution is -2.46. The first-order valence-electron chi connectivity index (χ1n) is 13.8. The number of carboxylic acids is 1. The summed E-state index contributed by atoms with van der Waals surface area (Å²) < 4.78 is 5.68. The van der Waals surface area contributed by atoms with Gasteiger partial charge in [0.2, 0.25) is 5.91 Å². The van der Waals surface area contributed by atoms with Gasteiger partial charge in [-0.3, -0.25) is 14.5 Å². The molecule has 2 aliphatic rings. The number of allylic oxidation sites excluding steroid dienone is 2. The van der Waals surface area contributed by atoms with E-state index < -0.39 is 11.9 Å². The number of likely N-dealkylation sites (tertiary alicyclic amines) is 1. The lowest BCUT2D eigenvalue weighted by Gasteiger charge is -2.34. The predicted molar refractivity (Wildman–Crippen MR) is 146 cm³/mol. The highest BCUT2D eigenvalue weighted by molar-refractivity contribution is 5.79. The first-order chi connectivity index (χ1) is 17.6. The summed E-state index contributed by atoms with van der Waals surface area (Å²) in [6, 6.07) is 5.81. The molecule has 1 saturated heterocycles. The summed E-state index contributed by atoms with van der Waals surface area (Å²) in [5.41, 5.74) is 3.13. The third-order valence-corrected chi connectivity index (χ3v) is 7.65. The van der Waals surface area contributed by atoms with Crippen molar-refractivity contribution in [1.82, 2.24) is 9.80 Å². The summed E-state index contributed by atoms with van der Waals surface area (Å²) >= 11 is 0. The summed E-state index contributed by atoms with van der Waals surface area (Å²) in [4.78, 5) is 30.3. The molecule has 2 aliphatic heterocycles. The van der Waals surface area contributed by atoms with E-state index in [1.165, 1.54) is 5.57 Å². The van der Waals surface area contributed by atoms with Crippen LogP contribution in [0.25, 0.3) is 0 Å². The van der Waals surface area contributed by atoms with E-state index in [9.17, 15) is 19.8 Å². The molecule has 3 atom stereocenters. The molecule has 2 heterocycles. The SMILES string of the molecule is CCCCN(CCCO)C(=O)CN1CC(c2ccc3c(c2)CCO3)C(C(=O)O)C1CC(C)(C)C=C(C)C. The zero-order chi connectivity index (χ0) is 27.2. The van der Waals surface area contributed by atoms with Crippen molar-refractivity contribution in [3.05, 3.63) is 41.0 Å². The molecule has 1 fully saturated rings. The van der Waals surface area contributed by atoms with Crippen LogP contribution in [0.4, 0.5) is 0 Å². The number of aliphatic hydroxyl groups is 1. The molecule has 1 aromatic rings. The maximum atomic E-state index is 13.5. The standard InChI is InChI=1S/C30H46N2O5/c1-6-7-12-31(13-8-14-33)27(34)20-32-19-24(22-9-10-26-23(16-22)11-15-37-26)28(29(35)36)25(32)18-30(4,5)17-21(2)3/h9-10,16-17,24-25,28,33H,6-8,11-15,18-20H2,1-5H3,(H,35,36). The van der Waals surface area contributed by atoms with Crippen molar-refractivity contribution >= 4 is 11.9 Å². The third-order valence-electron chi connectivity index (χ3n) is 7.65. The average Bonchev–Trinajstić information content (AvgIpc) is 3.42. The Kier molecular flexibility index (Phi) is 10.2. The van der Waals surface area contributed by atoms with Crippen LogP contribution in [0, 0.1) is 11.3 Å². The van der Waals surface area contributed by atoms with Crippen molar-refractivity contribution in [1.29, 1.82) is 0 Å². The number of carboxylic acid groups (broad SMARTS) is 1. The Morgan fingerprint density at radius 1 is 1.22 bits per heavy atom. The van der Waals surface area contributed by atoms with Crippen molar-refractivity contribution in [2.75, 3.05) is 39.4 Å². The smallest absolute Gasteiger partial charge is 0.308 e. The molecule has 1 aromatic carbocycles. The largest absolute Gasteiger partial charge is 0.493 e. The van der Waals surface area contributed by atoms with Crippen molar-refractivity contribution < 1.29 is 24.5 Å². The molecule has 0 aromatic heterocycles. The Labute approximate surface area is 222 Å². The second kappa shape index (κ2) is 12.9. The van der Waals surface area contributed by atoms with E-state index >= 15 is 0 Å². The number of hydrogen-bond acceptors (Lipinski definition) is 5. The highest BCUT2D eigenvalue weighted by Gasteiger charge is 2.48. The molecular formula is C30H46N2O5. The Bertz CT molecular complexity index is 961. The number of carbonyl (C=O) groups excluding carboxylic acids is 1. The predicted octanol–water partition coefficient (Wildman–Crippen LogP) is 4.48. The molecular weight excluding hydrogens is 468 g/mol. The number of aliphatic hydroxyl groups excluding tert-OH is 1. The lowest BCUT2D eigenvalue weighted by molar-refractivity contribution is -0.144. The van der Waals surface area contributed by atoms with Crippen molar-refractivity contribution in [3.63, 3.8) is 0 Å². The molecule has 7 heteroatoms. The van der Waals surface area contributed by atoms with E-state index in [1.54, 1.807) is 0 Å². The van der Waals surface area contributed by atoms with E-state index in [0.29, 0.717) is 39.1 Å². The van der Waals surface area contributed by atoms with Crippen LogP contribution >= 0.6 is 0 Å². The van der Waals surface area contributed by atoms with Gasteiger partial charge in [0.1, 0.15) is 5.75 Å². The normalized spacial score (nSPS) is 21.4. The Balaban J connectivity index is 1.93. The number of ether oxygens (including phenoxy) is 1. The van der Waals surface area contributed by atoms with Crippen LogP contribution in [0.15, 0.2) is 29.8 Å². The summed E-state index contributed by atoms with van der Waals surface area (Å²) in [7, 11) is 0. The van der Waals surface area contributed by atoms with Crippen LogP contribution in [0.2, 0.25) is 0 Å². The van der Waals surface area contributed by atoms with Crippen molar-refractivity contribution in [3.8, 4) is 5.75 Å². The molecule has 0 bridgehead atoms. The summed E-state index contributed by atoms with van der Waals surface area (Å²) in [6.07, 6.45) is 6.14. The number of nitrogens with zero attached hydrogens (tertiary/aromatic N) is 2. The van der Waals surface area contributed by atoms with E-state index in [0.717, 1.165) is 36.1 Å². The van der Waals surface area contributed by atoms with E-state index in [1.807, 2.05) is 17.0 Å². The summed E-state index contributed by atoms with van der Waals surface area (Å²) in [5.74, 6) is -0.723. The quantitative estimate of drug-likeness (QED) is 0.377. The summed E-state index contributed by atoms with van der Waals surface area (Å²) in [6.45, 7) is 13.1. The minimum atomic E-state index is -0.808. The van der Waals surface area contributed by atoms with Crippen LogP contribution < -0.4 is 4.74 Å². The fourth-order valence-electron chi connectivity index (χ4n) is 6.15. The molecule has 37 heavy (non-hydrogen) atoms. The highest BCUT2D eigenvalue weighted by atomic mass is 16.5. The Morgan fingerprint density at radius 3 is 2.59 bits per heavy atom. The maximum absolute atomic E-state index is 13.5. The number of fused-ring (bicyclic) bond motifs is 1. The molecule has 0 aliphatic carbocycles. The number of hydrogen-bond donors (Lipinski definition) is 2. The van der Waals surface area contributed by atoms with Gasteiger partial charge in [0.25, 0.3) is 0 Å². The number of rotatable bonds is 13. The van der Waals surface area contributed by atoms with Gasteiger partial charge in [-0.2, -0.15) is 0 Å². The molecule has 0 saturated carbocycles. The van der Waals surface area contributed by atoms with Crippen LogP contribution in [0.5, 0.6) is 5.75 Å². The molecule has 0 radical (unpaired) electrons. The third kappa shape index (κ3) is 7.57. The minimum Gasteiger partial charge on any atom is -0.493 e. The molecule has 3 rings (SSSR count). The molecule has 7 nitrogen and oxygen atoms in total. The number of aliphatic carboxylic acids is 1. The molecule has 2 N–H and O–H groups in total. The molecule has 206 valence electrons. The molecule has 1 amide bonds. The first kappa shape index (κ1) is 29.2. The molecule has 0 spiro atoms. The number of amides is 1. The lowest BCUT2D eigenvalue weighted by atomic mass is 9.77. The maximum Gasteiger partial charge on any atom is 0.308 e. The fourth-order valence-corrected chi connectivity index (χ4v) is 6.15. The number of unbranched alkanes of at least 4 members (excludes halogenated alkanes) is 1. The number of benzene rings is 1. The van der Waals surface area contributed by atoms with Gasteiger partial charge >= 0.3 is 5.97 Å². The Hall–Kier alpha value is -2.38. The van der Waals surface area contributed by atoms with Gasteiger partial charge < -0.3 is 19.8 Å². The zero-order valence-electron chi connectivity index (χ0n) is 23.3. The minimum absolute atomic E-state index is 0.0130. The highest BCUT2D eigenvalue weighted by Crippen LogP contribution is 2.44. The second-order valence-electron chi connectivity index (χ2n) is 11.7. The van der Waals surface area contributed by atoms with Crippen LogP contribution in [-0.2, 0) is 16.0 Å². The zero-order valence-corrected chi connectivity index (χ0v) is 23.3. The summed E-state index contributed by atoms with van der Waals surface area (Å²) in [5, 5.41) is 19.8. The monoisotopic (exact) mass is 514 g/mol. The van der Waals surface area contributed by atoms with Gasteiger partial charge in [-0.25, -0.2) is 0 Å². The van der Waals surface area contributed by atoms with E-state index in [4.69, 9.17) is 4.74 Å². The van der Waals surface area contributed by atoms with Gasteiger partial charge in [0.15, 0.2) is 0 Å². The van der Waals surface area contributed by atoms with E-state index in [2.05, 4.69) is 51.7 Å². The number of carbonyl (C=O) groups is 2. The molecule has 3 unspecified atom stereocenters. The van der Waals surface area contributed by atoms with Gasteiger partial charge in [-0.1, -0.05) is 51.0 Å². The van der Waals surface area contributed by atoms with E-state index in [-0.39, 0.29) is 36.4 Å². The van der Waals surface area contributed by atoms with Crippen LogP contribution in [-0.4, -0.2) is 77.3 Å². The van der Waals surface area contributed by atoms with Crippen LogP contribution in [0.1, 0.15) is 77.3 Å². The van der Waals surface area contributed by atoms with Gasteiger partial charge in [-0.15, -0.1) is 0 Å². The fraction of sp³-hybridized carbons (Fsp3) is 0.667. The van der Waals surface area contributed by atoms with Crippen molar-refractivity contribution in [2.45, 2.75) is 78.7 Å². The second-order valence-corrected chi connectivity index (χ2v) is 11.7. The Morgan fingerprint density at radius 2 is 1.95 bits per heavy atom. The van der Waals surface area contributed by atoms with Crippen LogP contribution in [0.3, 0.4) is 0 Å². The van der Waals surface area contributed by atoms with Gasteiger partial charge in [0, 0.05) is 44.6 Å². The van der Waals surface area contributed by atoms with Gasteiger partial charge in [0.05, 0.1) is 19.1 Å². The average molecular weight is 515 g/mol.